The summed E-state index contributed by atoms with van der Waals surface area (Å²) in [7, 11) is 1.66. The Morgan fingerprint density at radius 1 is 1.14 bits per heavy atom. The minimum atomic E-state index is -0.424. The van der Waals surface area contributed by atoms with Crippen molar-refractivity contribution in [2.75, 3.05) is 38.2 Å². The number of benzene rings is 1. The Morgan fingerprint density at radius 2 is 1.86 bits per heavy atom. The first-order valence-electron chi connectivity index (χ1n) is 12.0. The number of rotatable bonds is 5. The van der Waals surface area contributed by atoms with Gasteiger partial charge in [0.15, 0.2) is 5.82 Å². The zero-order chi connectivity index (χ0) is 23.9. The summed E-state index contributed by atoms with van der Waals surface area (Å²) in [5, 5.41) is 0.989. The van der Waals surface area contributed by atoms with E-state index >= 15 is 0 Å². The Labute approximate surface area is 207 Å². The SMILES string of the molecule is COc1ccc(-c2nc3c(s2)CN(C(=O)CN2CC4CCC(C2)N4c2ncc(F)cn2)CC3)cc1. The molecule has 2 atom stereocenters. The molecule has 35 heavy (non-hydrogen) atoms. The van der Waals surface area contributed by atoms with Gasteiger partial charge in [0.1, 0.15) is 10.8 Å². The number of carbonyl (C=O) groups is 1. The number of aromatic nitrogens is 3. The molecule has 2 aromatic heterocycles. The number of methoxy groups -OCH3 is 1. The van der Waals surface area contributed by atoms with E-state index in [1.807, 2.05) is 29.2 Å². The van der Waals surface area contributed by atoms with Crippen LogP contribution in [-0.4, -0.2) is 76.0 Å². The molecular weight excluding hydrogens is 467 g/mol. The van der Waals surface area contributed by atoms with Crippen molar-refractivity contribution in [2.45, 2.75) is 37.9 Å². The van der Waals surface area contributed by atoms with Gasteiger partial charge in [0.05, 0.1) is 38.3 Å². The summed E-state index contributed by atoms with van der Waals surface area (Å²) < 4.78 is 18.5. The number of hydrogen-bond acceptors (Lipinski definition) is 8. The van der Waals surface area contributed by atoms with Crippen molar-refractivity contribution in [3.05, 3.63) is 53.0 Å². The molecule has 0 spiro atoms. The van der Waals surface area contributed by atoms with Crippen LogP contribution in [0.2, 0.25) is 0 Å². The van der Waals surface area contributed by atoms with E-state index in [1.54, 1.807) is 18.4 Å². The van der Waals surface area contributed by atoms with Crippen molar-refractivity contribution in [1.82, 2.24) is 24.8 Å². The van der Waals surface area contributed by atoms with Gasteiger partial charge in [-0.2, -0.15) is 0 Å². The van der Waals surface area contributed by atoms with E-state index in [2.05, 4.69) is 19.8 Å². The van der Waals surface area contributed by atoms with Gasteiger partial charge in [0.25, 0.3) is 0 Å². The molecule has 8 nitrogen and oxygen atoms in total. The fourth-order valence-corrected chi connectivity index (χ4v) is 6.57. The maximum Gasteiger partial charge on any atom is 0.237 e. The fourth-order valence-electron chi connectivity index (χ4n) is 5.44. The molecule has 182 valence electrons. The van der Waals surface area contributed by atoms with Gasteiger partial charge >= 0.3 is 0 Å². The van der Waals surface area contributed by atoms with Crippen LogP contribution < -0.4 is 9.64 Å². The normalized spacial score (nSPS) is 21.8. The second kappa shape index (κ2) is 9.16. The quantitative estimate of drug-likeness (QED) is 0.540. The second-order valence-electron chi connectivity index (χ2n) is 9.37. The molecule has 2 saturated heterocycles. The van der Waals surface area contributed by atoms with Crippen LogP contribution in [0.1, 0.15) is 23.4 Å². The van der Waals surface area contributed by atoms with Gasteiger partial charge in [0.2, 0.25) is 11.9 Å². The van der Waals surface area contributed by atoms with Crippen molar-refractivity contribution >= 4 is 23.2 Å². The summed E-state index contributed by atoms with van der Waals surface area (Å²) in [4.78, 5) is 34.1. The van der Waals surface area contributed by atoms with Crippen LogP contribution in [0.25, 0.3) is 10.6 Å². The third kappa shape index (κ3) is 4.36. The van der Waals surface area contributed by atoms with Gasteiger partial charge in [0, 0.05) is 48.6 Å². The summed E-state index contributed by atoms with van der Waals surface area (Å²) in [6, 6.07) is 8.46. The van der Waals surface area contributed by atoms with Gasteiger partial charge in [-0.25, -0.2) is 19.3 Å². The molecule has 2 fully saturated rings. The number of nitrogens with zero attached hydrogens (tertiary/aromatic N) is 6. The highest BCUT2D eigenvalue weighted by Crippen LogP contribution is 2.34. The number of anilines is 1. The molecule has 6 rings (SSSR count). The molecule has 1 aromatic carbocycles. The number of thiazole rings is 1. The average molecular weight is 495 g/mol. The lowest BCUT2D eigenvalue weighted by Gasteiger charge is -2.41. The maximum absolute atomic E-state index is 13.3. The number of halogens is 1. The Balaban J connectivity index is 1.09. The van der Waals surface area contributed by atoms with E-state index in [0.29, 0.717) is 25.6 Å². The number of ether oxygens (including phenoxy) is 1. The molecule has 1 amide bonds. The van der Waals surface area contributed by atoms with Gasteiger partial charge in [-0.05, 0) is 37.1 Å². The monoisotopic (exact) mass is 494 g/mol. The van der Waals surface area contributed by atoms with E-state index in [1.165, 1.54) is 17.3 Å². The third-order valence-electron chi connectivity index (χ3n) is 7.18. The first-order chi connectivity index (χ1) is 17.1. The minimum absolute atomic E-state index is 0.168. The molecule has 0 radical (unpaired) electrons. The highest BCUT2D eigenvalue weighted by Gasteiger charge is 2.42. The lowest BCUT2D eigenvalue weighted by atomic mass is 10.1. The van der Waals surface area contributed by atoms with Crippen molar-refractivity contribution in [2.24, 2.45) is 0 Å². The summed E-state index contributed by atoms with van der Waals surface area (Å²) in [5.41, 5.74) is 2.18. The number of carbonyl (C=O) groups excluding carboxylic acids is 1. The predicted octanol–water partition coefficient (Wildman–Crippen LogP) is 2.99. The van der Waals surface area contributed by atoms with Gasteiger partial charge in [-0.3, -0.25) is 9.69 Å². The molecule has 3 aliphatic heterocycles. The first-order valence-corrected chi connectivity index (χ1v) is 12.8. The maximum atomic E-state index is 13.3. The lowest BCUT2D eigenvalue weighted by molar-refractivity contribution is -0.133. The van der Waals surface area contributed by atoms with Crippen molar-refractivity contribution < 1.29 is 13.9 Å². The van der Waals surface area contributed by atoms with E-state index in [9.17, 15) is 9.18 Å². The number of likely N-dealkylation sites (tertiary alicyclic amines) is 1. The van der Waals surface area contributed by atoms with Crippen molar-refractivity contribution in [3.63, 3.8) is 0 Å². The van der Waals surface area contributed by atoms with E-state index in [0.717, 1.165) is 54.4 Å². The predicted molar refractivity (Wildman–Crippen MR) is 131 cm³/mol. The van der Waals surface area contributed by atoms with Crippen molar-refractivity contribution in [1.29, 1.82) is 0 Å². The third-order valence-corrected chi connectivity index (χ3v) is 8.31. The average Bonchev–Trinajstić information content (AvgIpc) is 3.42. The summed E-state index contributed by atoms with van der Waals surface area (Å²) in [6.45, 7) is 3.34. The highest BCUT2D eigenvalue weighted by molar-refractivity contribution is 7.15. The Kier molecular flexibility index (Phi) is 5.85. The van der Waals surface area contributed by atoms with Crippen LogP contribution in [0, 0.1) is 5.82 Å². The molecule has 5 heterocycles. The molecule has 3 aliphatic rings. The van der Waals surface area contributed by atoms with Crippen LogP contribution >= 0.6 is 11.3 Å². The second-order valence-corrected chi connectivity index (χ2v) is 10.5. The Bertz CT molecular complexity index is 1200. The molecule has 3 aromatic rings. The topological polar surface area (TPSA) is 74.7 Å². The van der Waals surface area contributed by atoms with Gasteiger partial charge < -0.3 is 14.5 Å². The van der Waals surface area contributed by atoms with Gasteiger partial charge in [-0.1, -0.05) is 0 Å². The summed E-state index contributed by atoms with van der Waals surface area (Å²) >= 11 is 1.67. The minimum Gasteiger partial charge on any atom is -0.497 e. The molecule has 10 heteroatoms. The van der Waals surface area contributed by atoms with E-state index < -0.39 is 5.82 Å². The smallest absolute Gasteiger partial charge is 0.237 e. The molecule has 2 bridgehead atoms. The van der Waals surface area contributed by atoms with Crippen LogP contribution in [0.5, 0.6) is 5.75 Å². The standard InChI is InChI=1S/C25H27FN6O2S/c1-34-20-6-2-16(3-7-20)24-29-21-8-9-31(14-22(21)35-24)23(33)15-30-12-18-4-5-19(13-30)32(18)25-27-10-17(26)11-28-25/h2-3,6-7,10-11,18-19H,4-5,8-9,12-15H2,1H3. The first kappa shape index (κ1) is 22.4. The molecule has 0 N–H and O–H groups in total. The Hall–Kier alpha value is -3.11. The van der Waals surface area contributed by atoms with E-state index in [-0.39, 0.29) is 18.0 Å². The highest BCUT2D eigenvalue weighted by atomic mass is 32.1. The number of hydrogen-bond donors (Lipinski definition) is 0. The molecule has 0 saturated carbocycles. The summed E-state index contributed by atoms with van der Waals surface area (Å²) in [6.07, 6.45) is 5.31. The van der Waals surface area contributed by atoms with Crippen LogP contribution in [0.15, 0.2) is 36.7 Å². The van der Waals surface area contributed by atoms with E-state index in [4.69, 9.17) is 9.72 Å². The van der Waals surface area contributed by atoms with Gasteiger partial charge in [-0.15, -0.1) is 11.3 Å². The van der Waals surface area contributed by atoms with Crippen LogP contribution in [0.3, 0.4) is 0 Å². The zero-order valence-corrected chi connectivity index (χ0v) is 20.4. The largest absolute Gasteiger partial charge is 0.497 e. The molecule has 2 unspecified atom stereocenters. The molecular formula is C25H27FN6O2S. The number of amides is 1. The van der Waals surface area contributed by atoms with Crippen molar-refractivity contribution in [3.8, 4) is 16.3 Å². The summed E-state index contributed by atoms with van der Waals surface area (Å²) in [5.74, 6) is 1.16. The number of fused-ring (bicyclic) bond motifs is 3. The zero-order valence-electron chi connectivity index (χ0n) is 19.6. The lowest BCUT2D eigenvalue weighted by Crippen LogP contribution is -2.56. The number of piperazine rings is 1. The van der Waals surface area contributed by atoms with Crippen LogP contribution in [0.4, 0.5) is 10.3 Å². The molecule has 0 aliphatic carbocycles. The van der Waals surface area contributed by atoms with Crippen LogP contribution in [-0.2, 0) is 17.8 Å². The fraction of sp³-hybridized carbons (Fsp3) is 0.440. The Morgan fingerprint density at radius 3 is 2.54 bits per heavy atom.